The highest BCUT2D eigenvalue weighted by atomic mass is 15.5. The number of hydrogen-bond donors (Lipinski definition) is 2. The van der Waals surface area contributed by atoms with Crippen LogP contribution in [0.1, 0.15) is 18.9 Å². The number of nitrogens with one attached hydrogen (secondary N) is 1. The summed E-state index contributed by atoms with van der Waals surface area (Å²) in [5, 5.41) is 1.97. The summed E-state index contributed by atoms with van der Waals surface area (Å²) in [5.74, 6) is 0. The quantitative estimate of drug-likeness (QED) is 0.714. The lowest BCUT2D eigenvalue weighted by atomic mass is 9.94. The molecule has 0 heterocycles. The van der Waals surface area contributed by atoms with Gasteiger partial charge in [0.05, 0.1) is 0 Å². The fraction of sp³-hybridized carbons (Fsp3) is 0.538. The molecule has 1 atom stereocenters. The number of nitrogens with zero attached hydrogens (tertiary/aromatic N) is 1. The molecule has 0 aromatic heterocycles. The van der Waals surface area contributed by atoms with E-state index >= 15 is 0 Å². The Bertz CT molecular complexity index is 297. The molecule has 0 aliphatic rings. The zero-order chi connectivity index (χ0) is 12.0. The maximum absolute atomic E-state index is 5.83. The minimum absolute atomic E-state index is 0.0284. The highest BCUT2D eigenvalue weighted by Gasteiger charge is 2.22. The Balaban J connectivity index is 2.51. The molecule has 1 aromatic rings. The van der Waals surface area contributed by atoms with Gasteiger partial charge >= 0.3 is 0 Å². The summed E-state index contributed by atoms with van der Waals surface area (Å²) in [6.45, 7) is 2.80. The lowest BCUT2D eigenvalue weighted by Gasteiger charge is -2.32. The van der Waals surface area contributed by atoms with Gasteiger partial charge in [-0.15, -0.1) is 0 Å². The zero-order valence-electron chi connectivity index (χ0n) is 10.5. The van der Waals surface area contributed by atoms with Crippen LogP contribution in [0.2, 0.25) is 0 Å². The van der Waals surface area contributed by atoms with Crippen molar-refractivity contribution in [2.45, 2.75) is 25.3 Å². The monoisotopic (exact) mass is 221 g/mol. The molecule has 90 valence electrons. The van der Waals surface area contributed by atoms with Gasteiger partial charge in [-0.25, -0.2) is 5.43 Å². The predicted molar refractivity (Wildman–Crippen MR) is 69.0 cm³/mol. The molecule has 16 heavy (non-hydrogen) atoms. The zero-order valence-corrected chi connectivity index (χ0v) is 10.5. The molecule has 1 rings (SSSR count). The van der Waals surface area contributed by atoms with Crippen molar-refractivity contribution in [2.75, 3.05) is 20.6 Å². The van der Waals surface area contributed by atoms with E-state index in [1.54, 1.807) is 0 Å². The van der Waals surface area contributed by atoms with E-state index in [9.17, 15) is 0 Å². The van der Waals surface area contributed by atoms with E-state index < -0.39 is 0 Å². The Hall–Kier alpha value is -0.900. The molecule has 0 bridgehead atoms. The molecule has 3 nitrogen and oxygen atoms in total. The van der Waals surface area contributed by atoms with E-state index in [4.69, 9.17) is 5.73 Å². The molecule has 0 aliphatic heterocycles. The topological polar surface area (TPSA) is 41.3 Å². The molecule has 3 heteroatoms. The van der Waals surface area contributed by atoms with E-state index in [2.05, 4.69) is 36.6 Å². The first-order valence-electron chi connectivity index (χ1n) is 5.75. The van der Waals surface area contributed by atoms with Crippen molar-refractivity contribution in [3.63, 3.8) is 0 Å². The van der Waals surface area contributed by atoms with Gasteiger partial charge in [0.25, 0.3) is 0 Å². The molecule has 0 radical (unpaired) electrons. The fourth-order valence-corrected chi connectivity index (χ4v) is 1.81. The minimum atomic E-state index is -0.0284. The third kappa shape index (κ3) is 4.31. The van der Waals surface area contributed by atoms with Crippen LogP contribution in [0.25, 0.3) is 0 Å². The highest BCUT2D eigenvalue weighted by Crippen LogP contribution is 2.13. The summed E-state index contributed by atoms with van der Waals surface area (Å²) >= 11 is 0. The molecular weight excluding hydrogens is 198 g/mol. The normalized spacial score (nSPS) is 15.1. The van der Waals surface area contributed by atoms with Gasteiger partial charge in [0.15, 0.2) is 0 Å². The van der Waals surface area contributed by atoms with Crippen molar-refractivity contribution in [1.29, 1.82) is 0 Å². The summed E-state index contributed by atoms with van der Waals surface area (Å²) < 4.78 is 0. The van der Waals surface area contributed by atoms with E-state index in [0.29, 0.717) is 6.54 Å². The van der Waals surface area contributed by atoms with Crippen LogP contribution >= 0.6 is 0 Å². The standard InChI is InChI=1S/C13H23N3/c1-13(11-14,15-16(2)3)10-9-12-7-5-4-6-8-12/h4-8,15H,9-11,14H2,1-3H3. The van der Waals surface area contributed by atoms with Gasteiger partial charge in [-0.05, 0) is 25.3 Å². The molecule has 0 spiro atoms. The maximum atomic E-state index is 5.83. The van der Waals surface area contributed by atoms with Crippen LogP contribution in [0, 0.1) is 0 Å². The lowest BCUT2D eigenvalue weighted by molar-refractivity contribution is 0.167. The number of hydrazine groups is 1. The van der Waals surface area contributed by atoms with Crippen molar-refractivity contribution in [3.8, 4) is 0 Å². The molecule has 1 aromatic carbocycles. The van der Waals surface area contributed by atoms with Crippen molar-refractivity contribution in [1.82, 2.24) is 10.4 Å². The molecule has 0 saturated heterocycles. The first-order chi connectivity index (χ1) is 7.56. The van der Waals surface area contributed by atoms with Crippen LogP contribution in [0.5, 0.6) is 0 Å². The van der Waals surface area contributed by atoms with Crippen LogP contribution < -0.4 is 11.2 Å². The summed E-state index contributed by atoms with van der Waals surface area (Å²) in [5.41, 5.74) is 10.5. The first-order valence-corrected chi connectivity index (χ1v) is 5.75. The SMILES string of the molecule is CN(C)NC(C)(CN)CCc1ccccc1. The molecule has 0 amide bonds. The molecule has 0 fully saturated rings. The predicted octanol–water partition coefficient (Wildman–Crippen LogP) is 1.40. The molecular formula is C13H23N3. The first kappa shape index (κ1) is 13.2. The van der Waals surface area contributed by atoms with Gasteiger partial charge in [0.2, 0.25) is 0 Å². The summed E-state index contributed by atoms with van der Waals surface area (Å²) in [4.78, 5) is 0. The molecule has 0 saturated carbocycles. The number of hydrogen-bond acceptors (Lipinski definition) is 3. The highest BCUT2D eigenvalue weighted by molar-refractivity contribution is 5.15. The van der Waals surface area contributed by atoms with Gasteiger partial charge in [-0.1, -0.05) is 30.3 Å². The Morgan fingerprint density at radius 3 is 2.38 bits per heavy atom. The number of aryl methyl sites for hydroxylation is 1. The number of nitrogens with two attached hydrogens (primary N) is 1. The van der Waals surface area contributed by atoms with Crippen LogP contribution in [-0.4, -0.2) is 31.2 Å². The average molecular weight is 221 g/mol. The Kier molecular flexibility index (Phi) is 4.93. The minimum Gasteiger partial charge on any atom is -0.329 e. The third-order valence-electron chi connectivity index (χ3n) is 2.75. The second-order valence-electron chi connectivity index (χ2n) is 4.76. The van der Waals surface area contributed by atoms with Gasteiger partial charge in [0.1, 0.15) is 0 Å². The summed E-state index contributed by atoms with van der Waals surface area (Å²) in [6, 6.07) is 10.5. The maximum Gasteiger partial charge on any atom is 0.0422 e. The lowest BCUT2D eigenvalue weighted by Crippen LogP contribution is -2.54. The Morgan fingerprint density at radius 2 is 1.88 bits per heavy atom. The van der Waals surface area contributed by atoms with Crippen LogP contribution in [-0.2, 0) is 6.42 Å². The van der Waals surface area contributed by atoms with Crippen LogP contribution in [0.15, 0.2) is 30.3 Å². The second kappa shape index (κ2) is 5.99. The second-order valence-corrected chi connectivity index (χ2v) is 4.76. The van der Waals surface area contributed by atoms with Gasteiger partial charge < -0.3 is 5.73 Å². The van der Waals surface area contributed by atoms with Crippen molar-refractivity contribution >= 4 is 0 Å². The van der Waals surface area contributed by atoms with E-state index in [0.717, 1.165) is 12.8 Å². The van der Waals surface area contributed by atoms with Gasteiger partial charge in [-0.3, -0.25) is 5.01 Å². The Morgan fingerprint density at radius 1 is 1.25 bits per heavy atom. The fourth-order valence-electron chi connectivity index (χ4n) is 1.81. The summed E-state index contributed by atoms with van der Waals surface area (Å²) in [6.07, 6.45) is 2.08. The van der Waals surface area contributed by atoms with Crippen molar-refractivity contribution in [3.05, 3.63) is 35.9 Å². The van der Waals surface area contributed by atoms with E-state index in [1.807, 2.05) is 25.2 Å². The number of rotatable bonds is 6. The molecule has 1 unspecified atom stereocenters. The summed E-state index contributed by atoms with van der Waals surface area (Å²) in [7, 11) is 3.99. The van der Waals surface area contributed by atoms with Crippen LogP contribution in [0.4, 0.5) is 0 Å². The molecule has 3 N–H and O–H groups in total. The largest absolute Gasteiger partial charge is 0.329 e. The number of benzene rings is 1. The third-order valence-corrected chi connectivity index (χ3v) is 2.75. The van der Waals surface area contributed by atoms with Crippen molar-refractivity contribution in [2.24, 2.45) is 5.73 Å². The average Bonchev–Trinajstić information content (AvgIpc) is 2.27. The van der Waals surface area contributed by atoms with Gasteiger partial charge in [0, 0.05) is 26.2 Å². The van der Waals surface area contributed by atoms with Crippen molar-refractivity contribution < 1.29 is 0 Å². The molecule has 0 aliphatic carbocycles. The Labute approximate surface area is 98.6 Å². The smallest absolute Gasteiger partial charge is 0.0422 e. The van der Waals surface area contributed by atoms with E-state index in [-0.39, 0.29) is 5.54 Å². The van der Waals surface area contributed by atoms with E-state index in [1.165, 1.54) is 5.56 Å². The van der Waals surface area contributed by atoms with Crippen LogP contribution in [0.3, 0.4) is 0 Å². The van der Waals surface area contributed by atoms with Gasteiger partial charge in [-0.2, -0.15) is 0 Å².